The highest BCUT2D eigenvalue weighted by molar-refractivity contribution is 6.07. The molecule has 1 saturated carbocycles. The molecule has 1 N–H and O–H groups in total. The normalized spacial score (nSPS) is 24.7. The van der Waals surface area contributed by atoms with E-state index in [1.807, 2.05) is 36.7 Å². The van der Waals surface area contributed by atoms with E-state index in [1.54, 1.807) is 6.21 Å². The van der Waals surface area contributed by atoms with Gasteiger partial charge in [-0.3, -0.25) is 9.48 Å². The zero-order valence-corrected chi connectivity index (χ0v) is 17.2. The van der Waals surface area contributed by atoms with Gasteiger partial charge in [0.15, 0.2) is 0 Å². The molecule has 0 radical (unpaired) electrons. The van der Waals surface area contributed by atoms with Gasteiger partial charge in [-0.2, -0.15) is 10.2 Å². The van der Waals surface area contributed by atoms with E-state index in [9.17, 15) is 9.59 Å². The highest BCUT2D eigenvalue weighted by Crippen LogP contribution is 2.36. The number of carbonyl (C=O) groups is 2. The topological polar surface area (TPSA) is 79.6 Å². The fourth-order valence-electron chi connectivity index (χ4n) is 4.23. The van der Waals surface area contributed by atoms with Crippen molar-refractivity contribution in [1.82, 2.24) is 20.1 Å². The molecule has 1 aliphatic carbocycles. The number of aryl methyl sites for hydroxylation is 1. The van der Waals surface area contributed by atoms with Crippen LogP contribution in [0.25, 0.3) is 0 Å². The largest absolute Gasteiger partial charge is 0.346 e. The summed E-state index contributed by atoms with van der Waals surface area (Å²) in [6.45, 7) is 6.72. The minimum absolute atomic E-state index is 0.238. The quantitative estimate of drug-likeness (QED) is 0.639. The average Bonchev–Trinajstić information content (AvgIpc) is 3.10. The van der Waals surface area contributed by atoms with E-state index < -0.39 is 11.6 Å². The first-order valence-corrected chi connectivity index (χ1v) is 10.2. The summed E-state index contributed by atoms with van der Waals surface area (Å²) in [6.07, 6.45) is 4.82. The number of hydrazone groups is 1. The van der Waals surface area contributed by atoms with Gasteiger partial charge in [-0.15, -0.1) is 5.01 Å². The summed E-state index contributed by atoms with van der Waals surface area (Å²) < 4.78 is 1.92. The maximum absolute atomic E-state index is 12.9. The lowest BCUT2D eigenvalue weighted by Gasteiger charge is -2.33. The van der Waals surface area contributed by atoms with Crippen molar-refractivity contribution in [3.8, 4) is 0 Å². The minimum Gasteiger partial charge on any atom is -0.321 e. The Hall–Kier alpha value is -2.96. The highest BCUT2D eigenvalue weighted by atomic mass is 16.2. The van der Waals surface area contributed by atoms with Gasteiger partial charge in [0.2, 0.25) is 0 Å². The Balaban J connectivity index is 1.53. The van der Waals surface area contributed by atoms with Crippen LogP contribution in [-0.2, 0) is 11.3 Å². The van der Waals surface area contributed by atoms with E-state index in [0.29, 0.717) is 25.3 Å². The molecule has 7 heteroatoms. The standard InChI is InChI=1S/C22H27N5O2/c1-15-9-11-22(12-10-15)20(28)27(21(29)24-22)23-13-19-16(2)25-26(17(19)3)14-18-7-5-4-6-8-18/h4-8,13,15H,9-12,14H2,1-3H3,(H,24,29). The molecule has 1 aromatic carbocycles. The molecule has 1 saturated heterocycles. The van der Waals surface area contributed by atoms with E-state index in [0.717, 1.165) is 40.4 Å². The van der Waals surface area contributed by atoms with Gasteiger partial charge in [-0.1, -0.05) is 37.3 Å². The van der Waals surface area contributed by atoms with Crippen molar-refractivity contribution in [2.45, 2.75) is 58.5 Å². The van der Waals surface area contributed by atoms with Crippen LogP contribution in [0.1, 0.15) is 55.1 Å². The third-order valence-electron chi connectivity index (χ3n) is 6.18. The van der Waals surface area contributed by atoms with Crippen molar-refractivity contribution in [1.29, 1.82) is 0 Å². The van der Waals surface area contributed by atoms with Gasteiger partial charge < -0.3 is 5.32 Å². The van der Waals surface area contributed by atoms with Gasteiger partial charge in [0.1, 0.15) is 5.54 Å². The fraction of sp³-hybridized carbons (Fsp3) is 0.455. The number of urea groups is 1. The monoisotopic (exact) mass is 393 g/mol. The Morgan fingerprint density at radius 1 is 1.21 bits per heavy atom. The number of hydrogen-bond acceptors (Lipinski definition) is 4. The summed E-state index contributed by atoms with van der Waals surface area (Å²) in [5.74, 6) is 0.348. The van der Waals surface area contributed by atoms with E-state index in [2.05, 4.69) is 34.6 Å². The van der Waals surface area contributed by atoms with E-state index in [-0.39, 0.29) is 5.91 Å². The Labute approximate surface area is 170 Å². The summed E-state index contributed by atoms with van der Waals surface area (Å²) in [7, 11) is 0. The lowest BCUT2D eigenvalue weighted by Crippen LogP contribution is -2.49. The molecule has 7 nitrogen and oxygen atoms in total. The first-order chi connectivity index (χ1) is 13.9. The molecule has 1 aliphatic heterocycles. The Morgan fingerprint density at radius 2 is 1.90 bits per heavy atom. The lowest BCUT2D eigenvalue weighted by molar-refractivity contribution is -0.132. The first kappa shape index (κ1) is 19.4. The fourth-order valence-corrected chi connectivity index (χ4v) is 4.23. The maximum atomic E-state index is 12.9. The third kappa shape index (κ3) is 3.57. The summed E-state index contributed by atoms with van der Waals surface area (Å²) in [6, 6.07) is 9.67. The number of aromatic nitrogens is 2. The van der Waals surface area contributed by atoms with Crippen molar-refractivity contribution in [3.63, 3.8) is 0 Å². The molecule has 1 aromatic heterocycles. The minimum atomic E-state index is -0.775. The predicted molar refractivity (Wildman–Crippen MR) is 111 cm³/mol. The molecule has 4 rings (SSSR count). The number of carbonyl (C=O) groups excluding carboxylic acids is 2. The maximum Gasteiger partial charge on any atom is 0.346 e. The molecule has 1 spiro atoms. The van der Waals surface area contributed by atoms with Crippen molar-refractivity contribution >= 4 is 18.2 Å². The number of benzene rings is 1. The van der Waals surface area contributed by atoms with Crippen LogP contribution in [0.3, 0.4) is 0 Å². The van der Waals surface area contributed by atoms with E-state index in [1.165, 1.54) is 0 Å². The molecule has 3 amide bonds. The van der Waals surface area contributed by atoms with Crippen molar-refractivity contribution in [2.24, 2.45) is 11.0 Å². The van der Waals surface area contributed by atoms with Crippen molar-refractivity contribution in [3.05, 3.63) is 52.8 Å². The van der Waals surface area contributed by atoms with Crippen LogP contribution in [0.2, 0.25) is 0 Å². The highest BCUT2D eigenvalue weighted by Gasteiger charge is 2.52. The Bertz CT molecular complexity index is 955. The molecule has 152 valence electrons. The molecule has 29 heavy (non-hydrogen) atoms. The van der Waals surface area contributed by atoms with Gasteiger partial charge in [0.25, 0.3) is 5.91 Å². The molecular formula is C22H27N5O2. The summed E-state index contributed by atoms with van der Waals surface area (Å²) in [5.41, 5.74) is 2.98. The average molecular weight is 393 g/mol. The summed E-state index contributed by atoms with van der Waals surface area (Å²) in [5, 5.41) is 12.7. The van der Waals surface area contributed by atoms with Crippen LogP contribution in [0, 0.1) is 19.8 Å². The number of nitrogens with one attached hydrogen (secondary N) is 1. The molecule has 0 unspecified atom stereocenters. The SMILES string of the molecule is Cc1nn(Cc2ccccc2)c(C)c1C=NN1C(=O)NC2(CCC(C)CC2)C1=O. The van der Waals surface area contributed by atoms with Crippen molar-refractivity contribution < 1.29 is 9.59 Å². The summed E-state index contributed by atoms with van der Waals surface area (Å²) in [4.78, 5) is 25.4. The third-order valence-corrected chi connectivity index (χ3v) is 6.18. The summed E-state index contributed by atoms with van der Waals surface area (Å²) >= 11 is 0. The zero-order valence-electron chi connectivity index (χ0n) is 17.2. The van der Waals surface area contributed by atoms with Gasteiger partial charge in [-0.05, 0) is 51.0 Å². The molecule has 2 aromatic rings. The molecule has 2 aliphatic rings. The second-order valence-corrected chi connectivity index (χ2v) is 8.28. The predicted octanol–water partition coefficient (Wildman–Crippen LogP) is 3.38. The first-order valence-electron chi connectivity index (χ1n) is 10.2. The smallest absolute Gasteiger partial charge is 0.321 e. The number of amides is 3. The number of nitrogens with zero attached hydrogens (tertiary/aromatic N) is 4. The van der Waals surface area contributed by atoms with Crippen LogP contribution in [0.15, 0.2) is 35.4 Å². The van der Waals surface area contributed by atoms with Crippen molar-refractivity contribution in [2.75, 3.05) is 0 Å². The van der Waals surface area contributed by atoms with Crippen LogP contribution in [0.5, 0.6) is 0 Å². The van der Waals surface area contributed by atoms with Crippen LogP contribution in [-0.4, -0.2) is 38.5 Å². The second kappa shape index (κ2) is 7.46. The lowest BCUT2D eigenvalue weighted by atomic mass is 9.77. The molecule has 2 heterocycles. The number of imide groups is 1. The zero-order chi connectivity index (χ0) is 20.6. The van der Waals surface area contributed by atoms with Gasteiger partial charge >= 0.3 is 6.03 Å². The van der Waals surface area contributed by atoms with Crippen LogP contribution < -0.4 is 5.32 Å². The second-order valence-electron chi connectivity index (χ2n) is 8.28. The van der Waals surface area contributed by atoms with Gasteiger partial charge in [0, 0.05) is 11.3 Å². The van der Waals surface area contributed by atoms with E-state index in [4.69, 9.17) is 0 Å². The molecule has 2 fully saturated rings. The number of hydrogen-bond donors (Lipinski definition) is 1. The van der Waals surface area contributed by atoms with Crippen LogP contribution in [0.4, 0.5) is 4.79 Å². The van der Waals surface area contributed by atoms with Gasteiger partial charge in [0.05, 0.1) is 18.5 Å². The molecule has 0 bridgehead atoms. The Kier molecular flexibility index (Phi) is 4.98. The number of rotatable bonds is 4. The van der Waals surface area contributed by atoms with Gasteiger partial charge in [-0.25, -0.2) is 4.79 Å². The van der Waals surface area contributed by atoms with E-state index >= 15 is 0 Å². The molecule has 0 atom stereocenters. The Morgan fingerprint density at radius 3 is 2.59 bits per heavy atom. The molecular weight excluding hydrogens is 366 g/mol. The van der Waals surface area contributed by atoms with Crippen LogP contribution >= 0.6 is 0 Å².